The first kappa shape index (κ1) is 17.1. The van der Waals surface area contributed by atoms with Gasteiger partial charge in [-0.3, -0.25) is 4.79 Å². The average Bonchev–Trinajstić information content (AvgIpc) is 2.56. The minimum atomic E-state index is -0.423. The number of amides is 2. The second-order valence-corrected chi connectivity index (χ2v) is 5.78. The van der Waals surface area contributed by atoms with Crippen LogP contribution in [0, 0.1) is 13.8 Å². The van der Waals surface area contributed by atoms with Gasteiger partial charge in [0.25, 0.3) is 5.91 Å². The molecule has 1 aromatic carbocycles. The fourth-order valence-electron chi connectivity index (χ4n) is 2.61. The predicted molar refractivity (Wildman–Crippen MR) is 86.6 cm³/mol. The zero-order chi connectivity index (χ0) is 16.8. The number of aryl methyl sites for hydroxylation is 1. The van der Waals surface area contributed by atoms with Gasteiger partial charge in [-0.05, 0) is 43.9 Å². The molecule has 0 aromatic heterocycles. The lowest BCUT2D eigenvalue weighted by atomic mass is 10.1. The van der Waals surface area contributed by atoms with E-state index in [1.807, 2.05) is 32.0 Å². The van der Waals surface area contributed by atoms with Crippen molar-refractivity contribution >= 4 is 12.0 Å². The molecule has 0 spiro atoms. The van der Waals surface area contributed by atoms with E-state index in [4.69, 9.17) is 4.74 Å². The molecule has 126 valence electrons. The summed E-state index contributed by atoms with van der Waals surface area (Å²) < 4.78 is 10.2. The standard InChI is InChI=1S/C17H24N2O4/c1-12-5-4-6-15(13(12)2)23-11-16(20)19-9-7-14(8-10-19)18-17(21)22-3/h4-6,14H,7-11H2,1-3H3,(H,18,21). The number of carbonyl (C=O) groups excluding carboxylic acids is 2. The van der Waals surface area contributed by atoms with E-state index >= 15 is 0 Å². The molecule has 1 N–H and O–H groups in total. The molecule has 0 aliphatic carbocycles. The van der Waals surface area contributed by atoms with Crippen molar-refractivity contribution in [3.8, 4) is 5.75 Å². The first-order valence-corrected chi connectivity index (χ1v) is 7.82. The van der Waals surface area contributed by atoms with Crippen LogP contribution in [-0.2, 0) is 9.53 Å². The summed E-state index contributed by atoms with van der Waals surface area (Å²) in [7, 11) is 1.35. The van der Waals surface area contributed by atoms with E-state index in [0.29, 0.717) is 13.1 Å². The zero-order valence-corrected chi connectivity index (χ0v) is 13.9. The van der Waals surface area contributed by atoms with Gasteiger partial charge in [0, 0.05) is 19.1 Å². The van der Waals surface area contributed by atoms with Gasteiger partial charge in [-0.15, -0.1) is 0 Å². The SMILES string of the molecule is COC(=O)NC1CCN(C(=O)COc2cccc(C)c2C)CC1. The largest absolute Gasteiger partial charge is 0.483 e. The molecule has 23 heavy (non-hydrogen) atoms. The second kappa shape index (κ2) is 7.85. The summed E-state index contributed by atoms with van der Waals surface area (Å²) in [5.41, 5.74) is 2.20. The lowest BCUT2D eigenvalue weighted by Crippen LogP contribution is -2.47. The molecule has 2 rings (SSSR count). The van der Waals surface area contributed by atoms with Gasteiger partial charge in [0.15, 0.2) is 6.61 Å². The summed E-state index contributed by atoms with van der Waals surface area (Å²) in [5.74, 6) is 0.725. The van der Waals surface area contributed by atoms with E-state index in [9.17, 15) is 9.59 Å². The van der Waals surface area contributed by atoms with Crippen LogP contribution in [0.4, 0.5) is 4.79 Å². The molecule has 1 fully saturated rings. The van der Waals surface area contributed by atoms with Crippen LogP contribution >= 0.6 is 0 Å². The van der Waals surface area contributed by atoms with Gasteiger partial charge >= 0.3 is 6.09 Å². The van der Waals surface area contributed by atoms with Gasteiger partial charge in [-0.1, -0.05) is 12.1 Å². The maximum absolute atomic E-state index is 12.2. The molecular formula is C17H24N2O4. The number of hydrogen-bond acceptors (Lipinski definition) is 4. The first-order valence-electron chi connectivity index (χ1n) is 7.82. The third-order valence-electron chi connectivity index (χ3n) is 4.26. The monoisotopic (exact) mass is 320 g/mol. The van der Waals surface area contributed by atoms with Crippen molar-refractivity contribution in [1.82, 2.24) is 10.2 Å². The number of ether oxygens (including phenoxy) is 2. The Hall–Kier alpha value is -2.24. The Morgan fingerprint density at radius 3 is 2.61 bits per heavy atom. The highest BCUT2D eigenvalue weighted by atomic mass is 16.5. The van der Waals surface area contributed by atoms with Crippen molar-refractivity contribution in [2.45, 2.75) is 32.7 Å². The number of benzene rings is 1. The maximum atomic E-state index is 12.2. The number of likely N-dealkylation sites (tertiary alicyclic amines) is 1. The summed E-state index contributed by atoms with van der Waals surface area (Å²) >= 11 is 0. The Balaban J connectivity index is 1.79. The van der Waals surface area contributed by atoms with Crippen molar-refractivity contribution in [2.24, 2.45) is 0 Å². The lowest BCUT2D eigenvalue weighted by Gasteiger charge is -2.32. The maximum Gasteiger partial charge on any atom is 0.407 e. The van der Waals surface area contributed by atoms with E-state index in [0.717, 1.165) is 29.7 Å². The van der Waals surface area contributed by atoms with Gasteiger partial charge in [0.2, 0.25) is 0 Å². The Labute approximate surface area is 136 Å². The smallest absolute Gasteiger partial charge is 0.407 e. The highest BCUT2D eigenvalue weighted by molar-refractivity contribution is 5.78. The van der Waals surface area contributed by atoms with Crippen LogP contribution in [0.25, 0.3) is 0 Å². The summed E-state index contributed by atoms with van der Waals surface area (Å²) in [6.45, 7) is 5.27. The minimum absolute atomic E-state index is 0.0255. The van der Waals surface area contributed by atoms with Gasteiger partial charge in [0.1, 0.15) is 5.75 Å². The number of alkyl carbamates (subject to hydrolysis) is 1. The highest BCUT2D eigenvalue weighted by Gasteiger charge is 2.24. The summed E-state index contributed by atoms with van der Waals surface area (Å²) in [5, 5.41) is 2.77. The van der Waals surface area contributed by atoms with Gasteiger partial charge < -0.3 is 19.7 Å². The number of nitrogens with one attached hydrogen (secondary N) is 1. The zero-order valence-electron chi connectivity index (χ0n) is 13.9. The molecule has 2 amide bonds. The van der Waals surface area contributed by atoms with E-state index in [1.54, 1.807) is 4.90 Å². The summed E-state index contributed by atoms with van der Waals surface area (Å²) in [6.07, 6.45) is 1.03. The number of carbonyl (C=O) groups is 2. The second-order valence-electron chi connectivity index (χ2n) is 5.78. The molecule has 0 bridgehead atoms. The fourth-order valence-corrected chi connectivity index (χ4v) is 2.61. The van der Waals surface area contributed by atoms with E-state index in [-0.39, 0.29) is 18.6 Å². The molecule has 6 heteroatoms. The molecule has 0 saturated carbocycles. The number of nitrogens with zero attached hydrogens (tertiary/aromatic N) is 1. The van der Waals surface area contributed by atoms with Crippen LogP contribution in [-0.4, -0.2) is 49.7 Å². The molecule has 1 heterocycles. The number of methoxy groups -OCH3 is 1. The number of piperidine rings is 1. The number of rotatable bonds is 4. The van der Waals surface area contributed by atoms with Crippen LogP contribution in [0.15, 0.2) is 18.2 Å². The Morgan fingerprint density at radius 2 is 1.96 bits per heavy atom. The summed E-state index contributed by atoms with van der Waals surface area (Å²) in [4.78, 5) is 25.2. The molecule has 1 saturated heterocycles. The number of hydrogen-bond donors (Lipinski definition) is 1. The molecule has 0 unspecified atom stereocenters. The lowest BCUT2D eigenvalue weighted by molar-refractivity contribution is -0.134. The van der Waals surface area contributed by atoms with Gasteiger partial charge in [0.05, 0.1) is 7.11 Å². The average molecular weight is 320 g/mol. The third kappa shape index (κ3) is 4.61. The van der Waals surface area contributed by atoms with Gasteiger partial charge in [-0.2, -0.15) is 0 Å². The van der Waals surface area contributed by atoms with Gasteiger partial charge in [-0.25, -0.2) is 4.79 Å². The molecule has 1 aliphatic rings. The molecule has 6 nitrogen and oxygen atoms in total. The quantitative estimate of drug-likeness (QED) is 0.922. The van der Waals surface area contributed by atoms with Crippen LogP contribution in [0.5, 0.6) is 5.75 Å². The van der Waals surface area contributed by atoms with Crippen LogP contribution < -0.4 is 10.1 Å². The van der Waals surface area contributed by atoms with Crippen molar-refractivity contribution in [3.63, 3.8) is 0 Å². The molecule has 1 aliphatic heterocycles. The summed E-state index contributed by atoms with van der Waals surface area (Å²) in [6, 6.07) is 5.88. The van der Waals surface area contributed by atoms with Crippen molar-refractivity contribution in [1.29, 1.82) is 0 Å². The molecule has 0 radical (unpaired) electrons. The van der Waals surface area contributed by atoms with E-state index < -0.39 is 6.09 Å². The van der Waals surface area contributed by atoms with E-state index in [2.05, 4.69) is 10.1 Å². The molecule has 1 aromatic rings. The van der Waals surface area contributed by atoms with Crippen molar-refractivity contribution in [2.75, 3.05) is 26.8 Å². The predicted octanol–water partition coefficient (Wildman–Crippen LogP) is 2.03. The van der Waals surface area contributed by atoms with Crippen molar-refractivity contribution in [3.05, 3.63) is 29.3 Å². The van der Waals surface area contributed by atoms with Crippen molar-refractivity contribution < 1.29 is 19.1 Å². The highest BCUT2D eigenvalue weighted by Crippen LogP contribution is 2.20. The van der Waals surface area contributed by atoms with Crippen LogP contribution in [0.2, 0.25) is 0 Å². The topological polar surface area (TPSA) is 67.9 Å². The first-order chi connectivity index (χ1) is 11.0. The Kier molecular flexibility index (Phi) is 5.84. The third-order valence-corrected chi connectivity index (χ3v) is 4.26. The fraction of sp³-hybridized carbons (Fsp3) is 0.529. The Morgan fingerprint density at radius 1 is 1.26 bits per heavy atom. The van der Waals surface area contributed by atoms with Crippen LogP contribution in [0.3, 0.4) is 0 Å². The normalized spacial score (nSPS) is 15.2. The van der Waals surface area contributed by atoms with Crippen LogP contribution in [0.1, 0.15) is 24.0 Å². The molecule has 0 atom stereocenters. The Bertz CT molecular complexity index is 566. The van der Waals surface area contributed by atoms with E-state index in [1.165, 1.54) is 7.11 Å². The molecular weight excluding hydrogens is 296 g/mol. The minimum Gasteiger partial charge on any atom is -0.483 e.